The fraction of sp³-hybridized carbons (Fsp3) is 0.647. The van der Waals surface area contributed by atoms with Gasteiger partial charge in [-0.1, -0.05) is 24.4 Å². The van der Waals surface area contributed by atoms with Crippen LogP contribution in [0.3, 0.4) is 0 Å². The number of rotatable bonds is 5. The first-order chi connectivity index (χ1) is 9.76. The number of anilines is 1. The third kappa shape index (κ3) is 3.41. The number of hydrogen-bond acceptors (Lipinski definition) is 2. The van der Waals surface area contributed by atoms with Gasteiger partial charge in [0.1, 0.15) is 5.75 Å². The molecule has 0 aliphatic heterocycles. The zero-order valence-electron chi connectivity index (χ0n) is 12.2. The van der Waals surface area contributed by atoms with Crippen molar-refractivity contribution in [3.63, 3.8) is 0 Å². The van der Waals surface area contributed by atoms with Crippen molar-refractivity contribution in [1.29, 1.82) is 0 Å². The van der Waals surface area contributed by atoms with Gasteiger partial charge in [0, 0.05) is 11.1 Å². The highest BCUT2D eigenvalue weighted by molar-refractivity contribution is 6.30. The van der Waals surface area contributed by atoms with E-state index < -0.39 is 0 Å². The number of benzene rings is 1. The molecule has 20 heavy (non-hydrogen) atoms. The summed E-state index contributed by atoms with van der Waals surface area (Å²) in [6, 6.07) is 6.43. The minimum Gasteiger partial charge on any atom is -0.492 e. The van der Waals surface area contributed by atoms with Crippen LogP contribution in [0.1, 0.15) is 45.4 Å². The molecule has 0 saturated heterocycles. The van der Waals surface area contributed by atoms with Gasteiger partial charge in [0.05, 0.1) is 12.3 Å². The first-order valence-electron chi connectivity index (χ1n) is 7.95. The van der Waals surface area contributed by atoms with Gasteiger partial charge in [0.2, 0.25) is 0 Å². The van der Waals surface area contributed by atoms with E-state index in [2.05, 4.69) is 5.32 Å². The summed E-state index contributed by atoms with van der Waals surface area (Å²) in [5.41, 5.74) is 1.06. The fourth-order valence-electron chi connectivity index (χ4n) is 3.47. The van der Waals surface area contributed by atoms with E-state index in [1.165, 1.54) is 38.5 Å². The molecule has 3 heteroatoms. The van der Waals surface area contributed by atoms with Gasteiger partial charge >= 0.3 is 0 Å². The molecule has 0 spiro atoms. The molecular weight excluding hydrogens is 270 g/mol. The van der Waals surface area contributed by atoms with Gasteiger partial charge in [0.25, 0.3) is 0 Å². The molecule has 2 atom stereocenters. The van der Waals surface area contributed by atoms with Crippen molar-refractivity contribution in [2.24, 2.45) is 11.8 Å². The lowest BCUT2D eigenvalue weighted by molar-refractivity contribution is 0.301. The molecule has 2 saturated carbocycles. The first-order valence-corrected chi connectivity index (χ1v) is 8.33. The number of hydrogen-bond donors (Lipinski definition) is 1. The van der Waals surface area contributed by atoms with Crippen LogP contribution in [0.4, 0.5) is 5.69 Å². The summed E-state index contributed by atoms with van der Waals surface area (Å²) in [5.74, 6) is 2.88. The second kappa shape index (κ2) is 6.26. The highest BCUT2D eigenvalue weighted by atomic mass is 35.5. The Morgan fingerprint density at radius 2 is 2.05 bits per heavy atom. The molecule has 3 rings (SSSR count). The third-order valence-corrected chi connectivity index (χ3v) is 4.84. The molecule has 0 heterocycles. The van der Waals surface area contributed by atoms with Gasteiger partial charge in [-0.25, -0.2) is 0 Å². The lowest BCUT2D eigenvalue weighted by Crippen LogP contribution is -2.28. The molecule has 2 aliphatic rings. The van der Waals surface area contributed by atoms with Crippen LogP contribution in [-0.2, 0) is 0 Å². The van der Waals surface area contributed by atoms with Crippen molar-refractivity contribution in [2.45, 2.75) is 51.5 Å². The Bertz CT molecular complexity index is 458. The highest BCUT2D eigenvalue weighted by Crippen LogP contribution is 2.44. The van der Waals surface area contributed by atoms with Crippen LogP contribution in [0, 0.1) is 11.8 Å². The van der Waals surface area contributed by atoms with Gasteiger partial charge in [-0.05, 0) is 62.6 Å². The molecule has 0 bridgehead atoms. The minimum atomic E-state index is 0.576. The van der Waals surface area contributed by atoms with Gasteiger partial charge in [0.15, 0.2) is 0 Å². The van der Waals surface area contributed by atoms with E-state index in [0.717, 1.165) is 28.3 Å². The average molecular weight is 294 g/mol. The van der Waals surface area contributed by atoms with Crippen LogP contribution in [0.15, 0.2) is 18.2 Å². The van der Waals surface area contributed by atoms with Crippen LogP contribution >= 0.6 is 11.6 Å². The summed E-state index contributed by atoms with van der Waals surface area (Å²) >= 11 is 6.13. The van der Waals surface area contributed by atoms with Crippen LogP contribution in [0.2, 0.25) is 5.02 Å². The largest absolute Gasteiger partial charge is 0.492 e. The van der Waals surface area contributed by atoms with Crippen LogP contribution in [-0.4, -0.2) is 12.6 Å². The maximum Gasteiger partial charge on any atom is 0.142 e. The Kier molecular flexibility index (Phi) is 4.40. The summed E-state index contributed by atoms with van der Waals surface area (Å²) in [4.78, 5) is 0. The zero-order valence-corrected chi connectivity index (χ0v) is 13.0. The predicted molar refractivity (Wildman–Crippen MR) is 84.7 cm³/mol. The second-order valence-electron chi connectivity index (χ2n) is 6.18. The van der Waals surface area contributed by atoms with Crippen molar-refractivity contribution in [1.82, 2.24) is 0 Å². The predicted octanol–water partition coefficient (Wildman–Crippen LogP) is 5.12. The maximum atomic E-state index is 6.13. The second-order valence-corrected chi connectivity index (χ2v) is 6.62. The number of nitrogens with one attached hydrogen (secondary N) is 1. The summed E-state index contributed by atoms with van der Waals surface area (Å²) in [7, 11) is 0. The Morgan fingerprint density at radius 1 is 1.20 bits per heavy atom. The molecule has 0 radical (unpaired) electrons. The molecular formula is C17H24ClNO. The Labute approximate surface area is 126 Å². The summed E-state index contributed by atoms with van der Waals surface area (Å²) in [6.07, 6.45) is 8.27. The van der Waals surface area contributed by atoms with Crippen molar-refractivity contribution in [3.8, 4) is 5.75 Å². The van der Waals surface area contributed by atoms with E-state index in [1.807, 2.05) is 25.1 Å². The zero-order chi connectivity index (χ0) is 13.9. The fourth-order valence-corrected chi connectivity index (χ4v) is 3.64. The SMILES string of the molecule is CCOc1ccc(Cl)cc1NC1CCCC(C2CC2)C1. The van der Waals surface area contributed by atoms with Crippen molar-refractivity contribution in [3.05, 3.63) is 23.2 Å². The molecule has 2 unspecified atom stereocenters. The number of ether oxygens (including phenoxy) is 1. The van der Waals surface area contributed by atoms with Crippen LogP contribution in [0.25, 0.3) is 0 Å². The van der Waals surface area contributed by atoms with Crippen LogP contribution < -0.4 is 10.1 Å². The molecule has 0 aromatic heterocycles. The first kappa shape index (κ1) is 14.1. The summed E-state index contributed by atoms with van der Waals surface area (Å²) in [5, 5.41) is 4.45. The summed E-state index contributed by atoms with van der Waals surface area (Å²) < 4.78 is 5.70. The maximum absolute atomic E-state index is 6.13. The van der Waals surface area contributed by atoms with Gasteiger partial charge < -0.3 is 10.1 Å². The molecule has 110 valence electrons. The Morgan fingerprint density at radius 3 is 2.80 bits per heavy atom. The quantitative estimate of drug-likeness (QED) is 0.813. The number of halogens is 1. The van der Waals surface area contributed by atoms with Gasteiger partial charge in [-0.15, -0.1) is 0 Å². The van der Waals surface area contributed by atoms with Gasteiger partial charge in [-0.2, -0.15) is 0 Å². The Hall–Kier alpha value is -0.890. The third-order valence-electron chi connectivity index (χ3n) is 4.60. The Balaban J connectivity index is 1.67. The molecule has 1 aromatic rings. The standard InChI is InChI=1S/C17H24ClNO/c1-2-20-17-9-8-14(18)11-16(17)19-15-5-3-4-13(10-15)12-6-7-12/h8-9,11-13,15,19H,2-7,10H2,1H3. The average Bonchev–Trinajstić information content (AvgIpc) is 3.27. The van der Waals surface area contributed by atoms with E-state index >= 15 is 0 Å². The van der Waals surface area contributed by atoms with E-state index in [9.17, 15) is 0 Å². The molecule has 1 N–H and O–H groups in total. The van der Waals surface area contributed by atoms with E-state index in [1.54, 1.807) is 0 Å². The highest BCUT2D eigenvalue weighted by Gasteiger charge is 2.34. The molecule has 2 fully saturated rings. The van der Waals surface area contributed by atoms with Gasteiger partial charge in [-0.3, -0.25) is 0 Å². The lowest BCUT2D eigenvalue weighted by atomic mass is 9.82. The normalized spacial score (nSPS) is 26.3. The van der Waals surface area contributed by atoms with E-state index in [-0.39, 0.29) is 0 Å². The van der Waals surface area contributed by atoms with Crippen molar-refractivity contribution < 1.29 is 4.74 Å². The molecule has 0 amide bonds. The topological polar surface area (TPSA) is 21.3 Å². The van der Waals surface area contributed by atoms with Crippen LogP contribution in [0.5, 0.6) is 5.75 Å². The smallest absolute Gasteiger partial charge is 0.142 e. The van der Waals surface area contributed by atoms with Crippen molar-refractivity contribution >= 4 is 17.3 Å². The monoisotopic (exact) mass is 293 g/mol. The van der Waals surface area contributed by atoms with E-state index in [4.69, 9.17) is 16.3 Å². The van der Waals surface area contributed by atoms with Crippen molar-refractivity contribution in [2.75, 3.05) is 11.9 Å². The lowest BCUT2D eigenvalue weighted by Gasteiger charge is -2.31. The minimum absolute atomic E-state index is 0.576. The molecule has 2 aliphatic carbocycles. The summed E-state index contributed by atoms with van der Waals surface area (Å²) in [6.45, 7) is 2.70. The molecule has 1 aromatic carbocycles. The molecule has 2 nitrogen and oxygen atoms in total. The van der Waals surface area contributed by atoms with E-state index in [0.29, 0.717) is 12.6 Å².